The molecule has 0 aromatic carbocycles. The summed E-state index contributed by atoms with van der Waals surface area (Å²) in [7, 11) is 0. The normalized spacial score (nSPS) is 19.4. The Labute approximate surface area is 70.8 Å². The summed E-state index contributed by atoms with van der Waals surface area (Å²) < 4.78 is 0. The maximum atomic E-state index is 9.11. The van der Waals surface area contributed by atoms with E-state index < -0.39 is 0 Å². The molecule has 11 heavy (non-hydrogen) atoms. The Hall–Kier alpha value is -0.0400. The summed E-state index contributed by atoms with van der Waals surface area (Å²) in [6, 6.07) is 0. The van der Waals surface area contributed by atoms with Gasteiger partial charge in [0.1, 0.15) is 0 Å². The molecule has 68 valence electrons. The van der Waals surface area contributed by atoms with Crippen molar-refractivity contribution in [2.75, 3.05) is 0 Å². The van der Waals surface area contributed by atoms with E-state index in [1.165, 1.54) is 12.8 Å². The lowest BCUT2D eigenvalue weighted by molar-refractivity contribution is 0.157. The van der Waals surface area contributed by atoms with Gasteiger partial charge >= 0.3 is 0 Å². The molecule has 0 heterocycles. The van der Waals surface area contributed by atoms with Crippen molar-refractivity contribution >= 4 is 0 Å². The Morgan fingerprint density at radius 3 is 1.91 bits per heavy atom. The lowest BCUT2D eigenvalue weighted by Crippen LogP contribution is -2.09. The van der Waals surface area contributed by atoms with Gasteiger partial charge in [0.05, 0.1) is 6.10 Å². The summed E-state index contributed by atoms with van der Waals surface area (Å²) in [6.45, 7) is 8.59. The summed E-state index contributed by atoms with van der Waals surface area (Å²) in [6.07, 6.45) is 3.32. The first-order valence-electron chi connectivity index (χ1n) is 4.74. The standard InChI is InChI=1S/C10H22O/c1-5-8(2)6-9(3)7-10(4)11/h8-11H,5-7H2,1-4H3/t8-,9-,10+/m1/s1. The number of hydrogen-bond acceptors (Lipinski definition) is 1. The molecule has 0 unspecified atom stereocenters. The third-order valence-electron chi connectivity index (χ3n) is 2.25. The SMILES string of the molecule is CC[C@@H](C)C[C@@H](C)C[C@H](C)O. The summed E-state index contributed by atoms with van der Waals surface area (Å²) >= 11 is 0. The van der Waals surface area contributed by atoms with Crippen molar-refractivity contribution in [3.63, 3.8) is 0 Å². The zero-order valence-corrected chi connectivity index (χ0v) is 8.30. The van der Waals surface area contributed by atoms with E-state index >= 15 is 0 Å². The fourth-order valence-electron chi connectivity index (χ4n) is 1.53. The second-order valence-corrected chi connectivity index (χ2v) is 3.94. The van der Waals surface area contributed by atoms with Gasteiger partial charge in [0, 0.05) is 0 Å². The molecule has 0 aromatic rings. The maximum absolute atomic E-state index is 9.11. The van der Waals surface area contributed by atoms with Gasteiger partial charge in [0.15, 0.2) is 0 Å². The molecule has 0 radical (unpaired) electrons. The van der Waals surface area contributed by atoms with Crippen LogP contribution in [0.1, 0.15) is 47.0 Å². The molecule has 0 bridgehead atoms. The lowest BCUT2D eigenvalue weighted by Gasteiger charge is -2.16. The van der Waals surface area contributed by atoms with Crippen molar-refractivity contribution < 1.29 is 5.11 Å². The van der Waals surface area contributed by atoms with Crippen molar-refractivity contribution in [2.24, 2.45) is 11.8 Å². The van der Waals surface area contributed by atoms with Crippen molar-refractivity contribution in [3.8, 4) is 0 Å². The fraction of sp³-hybridized carbons (Fsp3) is 1.00. The van der Waals surface area contributed by atoms with Gasteiger partial charge in [-0.15, -0.1) is 0 Å². The molecule has 3 atom stereocenters. The van der Waals surface area contributed by atoms with Crippen LogP contribution in [0.15, 0.2) is 0 Å². The van der Waals surface area contributed by atoms with Crippen LogP contribution in [-0.4, -0.2) is 11.2 Å². The van der Waals surface area contributed by atoms with Crippen LogP contribution in [0, 0.1) is 11.8 Å². The summed E-state index contributed by atoms with van der Waals surface area (Å²) in [5, 5.41) is 9.11. The fourth-order valence-corrected chi connectivity index (χ4v) is 1.53. The largest absolute Gasteiger partial charge is 0.393 e. The molecule has 0 fully saturated rings. The quantitative estimate of drug-likeness (QED) is 0.652. The van der Waals surface area contributed by atoms with E-state index in [1.54, 1.807) is 0 Å². The minimum Gasteiger partial charge on any atom is -0.393 e. The second kappa shape index (κ2) is 5.59. The van der Waals surface area contributed by atoms with Gasteiger partial charge in [-0.2, -0.15) is 0 Å². The molecule has 0 amide bonds. The van der Waals surface area contributed by atoms with Crippen LogP contribution < -0.4 is 0 Å². The Kier molecular flexibility index (Phi) is 5.57. The van der Waals surface area contributed by atoms with Gasteiger partial charge in [-0.25, -0.2) is 0 Å². The molecular formula is C10H22O. The van der Waals surface area contributed by atoms with Crippen molar-refractivity contribution in [2.45, 2.75) is 53.1 Å². The van der Waals surface area contributed by atoms with Gasteiger partial charge in [0.25, 0.3) is 0 Å². The zero-order valence-electron chi connectivity index (χ0n) is 8.30. The summed E-state index contributed by atoms with van der Waals surface area (Å²) in [5.74, 6) is 1.48. The smallest absolute Gasteiger partial charge is 0.0514 e. The van der Waals surface area contributed by atoms with Crippen LogP contribution in [0.4, 0.5) is 0 Å². The molecule has 0 aliphatic heterocycles. The van der Waals surface area contributed by atoms with E-state index in [2.05, 4.69) is 20.8 Å². The van der Waals surface area contributed by atoms with E-state index in [0.29, 0.717) is 5.92 Å². The highest BCUT2D eigenvalue weighted by Crippen LogP contribution is 2.18. The van der Waals surface area contributed by atoms with Gasteiger partial charge in [-0.1, -0.05) is 27.2 Å². The average molecular weight is 158 g/mol. The first kappa shape index (κ1) is 11.0. The number of hydrogen-bond donors (Lipinski definition) is 1. The first-order valence-corrected chi connectivity index (χ1v) is 4.74. The molecular weight excluding hydrogens is 136 g/mol. The molecule has 0 spiro atoms. The molecule has 1 N–H and O–H groups in total. The lowest BCUT2D eigenvalue weighted by atomic mass is 9.92. The van der Waals surface area contributed by atoms with Crippen molar-refractivity contribution in [3.05, 3.63) is 0 Å². The Morgan fingerprint density at radius 2 is 1.55 bits per heavy atom. The molecule has 0 aromatic heterocycles. The van der Waals surface area contributed by atoms with Gasteiger partial charge in [0.2, 0.25) is 0 Å². The molecule has 0 aliphatic carbocycles. The van der Waals surface area contributed by atoms with E-state index in [4.69, 9.17) is 5.11 Å². The van der Waals surface area contributed by atoms with Gasteiger partial charge < -0.3 is 5.11 Å². The van der Waals surface area contributed by atoms with Crippen LogP contribution in [0.25, 0.3) is 0 Å². The molecule has 0 aliphatic rings. The molecule has 1 nitrogen and oxygen atoms in total. The summed E-state index contributed by atoms with van der Waals surface area (Å²) in [5.41, 5.74) is 0. The number of aliphatic hydroxyl groups excluding tert-OH is 1. The van der Waals surface area contributed by atoms with E-state index in [9.17, 15) is 0 Å². The predicted octanol–water partition coefficient (Wildman–Crippen LogP) is 2.83. The minimum absolute atomic E-state index is 0.131. The Balaban J connectivity index is 3.43. The third-order valence-corrected chi connectivity index (χ3v) is 2.25. The molecule has 0 saturated carbocycles. The molecule has 0 saturated heterocycles. The van der Waals surface area contributed by atoms with Crippen LogP contribution in [0.2, 0.25) is 0 Å². The van der Waals surface area contributed by atoms with E-state index in [0.717, 1.165) is 12.3 Å². The number of aliphatic hydroxyl groups is 1. The monoisotopic (exact) mass is 158 g/mol. The third kappa shape index (κ3) is 6.36. The Bertz CT molecular complexity index is 88.9. The number of rotatable bonds is 5. The first-order chi connectivity index (χ1) is 5.06. The second-order valence-electron chi connectivity index (χ2n) is 3.94. The van der Waals surface area contributed by atoms with E-state index in [-0.39, 0.29) is 6.10 Å². The van der Waals surface area contributed by atoms with Gasteiger partial charge in [-0.3, -0.25) is 0 Å². The van der Waals surface area contributed by atoms with Crippen molar-refractivity contribution in [1.82, 2.24) is 0 Å². The zero-order chi connectivity index (χ0) is 8.85. The summed E-state index contributed by atoms with van der Waals surface area (Å²) in [4.78, 5) is 0. The van der Waals surface area contributed by atoms with Crippen LogP contribution in [0.3, 0.4) is 0 Å². The Morgan fingerprint density at radius 1 is 1.00 bits per heavy atom. The van der Waals surface area contributed by atoms with Crippen molar-refractivity contribution in [1.29, 1.82) is 0 Å². The molecule has 0 rings (SSSR count). The highest BCUT2D eigenvalue weighted by molar-refractivity contribution is 4.60. The van der Waals surface area contributed by atoms with Crippen LogP contribution in [0.5, 0.6) is 0 Å². The highest BCUT2D eigenvalue weighted by Gasteiger charge is 2.09. The van der Waals surface area contributed by atoms with Crippen LogP contribution >= 0.6 is 0 Å². The molecule has 1 heteroatoms. The minimum atomic E-state index is -0.131. The maximum Gasteiger partial charge on any atom is 0.0514 e. The predicted molar refractivity (Wildman–Crippen MR) is 49.5 cm³/mol. The average Bonchev–Trinajstić information content (AvgIpc) is 1.85. The topological polar surface area (TPSA) is 20.2 Å². The van der Waals surface area contributed by atoms with Gasteiger partial charge in [-0.05, 0) is 31.6 Å². The highest BCUT2D eigenvalue weighted by atomic mass is 16.3. The van der Waals surface area contributed by atoms with E-state index in [1.807, 2.05) is 6.92 Å². The van der Waals surface area contributed by atoms with Crippen LogP contribution in [-0.2, 0) is 0 Å².